The molecule has 1 saturated heterocycles. The van der Waals surface area contributed by atoms with Gasteiger partial charge in [0.1, 0.15) is 5.82 Å². The maximum atomic E-state index is 15.2. The summed E-state index contributed by atoms with van der Waals surface area (Å²) in [6.07, 6.45) is 4.84. The van der Waals surface area contributed by atoms with Gasteiger partial charge in [-0.05, 0) is 42.1 Å². The van der Waals surface area contributed by atoms with Gasteiger partial charge in [0.15, 0.2) is 23.1 Å². The fourth-order valence-corrected chi connectivity index (χ4v) is 3.94. The lowest BCUT2D eigenvalue weighted by molar-refractivity contribution is 0.195. The molecule has 1 unspecified atom stereocenters. The van der Waals surface area contributed by atoms with E-state index in [1.165, 1.54) is 20.3 Å². The molecule has 1 atom stereocenters. The van der Waals surface area contributed by atoms with Crippen molar-refractivity contribution in [3.63, 3.8) is 0 Å². The molecule has 2 fully saturated rings. The van der Waals surface area contributed by atoms with Gasteiger partial charge in [-0.3, -0.25) is 0 Å². The second kappa shape index (κ2) is 8.97. The highest BCUT2D eigenvalue weighted by Crippen LogP contribution is 2.41. The third-order valence-corrected chi connectivity index (χ3v) is 6.00. The zero-order valence-electron chi connectivity index (χ0n) is 18.5. The predicted molar refractivity (Wildman–Crippen MR) is 121 cm³/mol. The quantitative estimate of drug-likeness (QED) is 0.502. The number of halogens is 2. The van der Waals surface area contributed by atoms with Crippen molar-refractivity contribution >= 4 is 22.4 Å². The Morgan fingerprint density at radius 1 is 1.09 bits per heavy atom. The van der Waals surface area contributed by atoms with Crippen molar-refractivity contribution in [1.82, 2.24) is 9.97 Å². The minimum absolute atomic E-state index is 0.107. The standard InChI is InChI=1S/C24H25F2N4O3/c1-31-18-9-19(32-2)23(26)21(22(18)25)17-7-14-11-27-20(29-15-5-6-33-12-15)8-16(14)24(30-17)28-10-13-3-4-13/h7-9,11,13,15H,3-6,10,12H2,1-2H3,(H-,27,28,29,30)/q-1. The van der Waals surface area contributed by atoms with E-state index in [1.54, 1.807) is 12.3 Å². The van der Waals surface area contributed by atoms with Crippen molar-refractivity contribution < 1.29 is 23.0 Å². The Kier molecular flexibility index (Phi) is 5.88. The van der Waals surface area contributed by atoms with E-state index >= 15 is 8.78 Å². The zero-order chi connectivity index (χ0) is 22.9. The second-order valence-electron chi connectivity index (χ2n) is 8.39. The van der Waals surface area contributed by atoms with Gasteiger partial charge >= 0.3 is 0 Å². The van der Waals surface area contributed by atoms with Crippen LogP contribution in [-0.4, -0.2) is 50.0 Å². The molecular formula is C24H25F2N4O3-. The lowest BCUT2D eigenvalue weighted by atomic mass is 10.1. The van der Waals surface area contributed by atoms with E-state index in [-0.39, 0.29) is 28.8 Å². The number of nitrogens with one attached hydrogen (secondary N) is 1. The number of hydrogen-bond acceptors (Lipinski definition) is 6. The van der Waals surface area contributed by atoms with Gasteiger partial charge in [0.25, 0.3) is 0 Å². The predicted octanol–water partition coefficient (Wildman–Crippen LogP) is 5.21. The fraction of sp³-hybridized carbons (Fsp3) is 0.417. The number of ether oxygens (including phenoxy) is 3. The molecule has 0 bridgehead atoms. The number of methoxy groups -OCH3 is 2. The van der Waals surface area contributed by atoms with Crippen molar-refractivity contribution in [1.29, 1.82) is 0 Å². The van der Waals surface area contributed by atoms with Crippen molar-refractivity contribution in [2.24, 2.45) is 5.92 Å². The van der Waals surface area contributed by atoms with Crippen LogP contribution in [0, 0.1) is 17.6 Å². The molecule has 1 saturated carbocycles. The van der Waals surface area contributed by atoms with Crippen molar-refractivity contribution in [2.45, 2.75) is 25.3 Å². The van der Waals surface area contributed by atoms with Crippen LogP contribution in [0.5, 0.6) is 11.5 Å². The monoisotopic (exact) mass is 455 g/mol. The Labute approximate surface area is 190 Å². The third-order valence-electron chi connectivity index (χ3n) is 6.00. The summed E-state index contributed by atoms with van der Waals surface area (Å²) in [6.45, 7) is 1.98. The van der Waals surface area contributed by atoms with E-state index in [0.29, 0.717) is 36.1 Å². The number of anilines is 1. The maximum absolute atomic E-state index is 15.2. The molecule has 2 aromatic heterocycles. The summed E-state index contributed by atoms with van der Waals surface area (Å²) in [5.41, 5.74) is -0.211. The number of aromatic nitrogens is 2. The van der Waals surface area contributed by atoms with Crippen LogP contribution in [0.3, 0.4) is 0 Å². The Morgan fingerprint density at radius 3 is 2.48 bits per heavy atom. The van der Waals surface area contributed by atoms with E-state index < -0.39 is 11.6 Å². The summed E-state index contributed by atoms with van der Waals surface area (Å²) < 4.78 is 45.9. The Hall–Kier alpha value is -3.20. The second-order valence-corrected chi connectivity index (χ2v) is 8.39. The van der Waals surface area contributed by atoms with Crippen molar-refractivity contribution in [3.8, 4) is 22.8 Å². The highest BCUT2D eigenvalue weighted by atomic mass is 19.1. The molecule has 5 rings (SSSR count). The van der Waals surface area contributed by atoms with E-state index in [1.807, 2.05) is 6.07 Å². The molecule has 0 spiro atoms. The Morgan fingerprint density at radius 2 is 1.85 bits per heavy atom. The fourth-order valence-electron chi connectivity index (χ4n) is 3.94. The number of rotatable bonds is 8. The van der Waals surface area contributed by atoms with Crippen LogP contribution in [-0.2, 0) is 4.74 Å². The van der Waals surface area contributed by atoms with Crippen LogP contribution in [0.15, 0.2) is 24.4 Å². The Balaban J connectivity index is 1.61. The van der Waals surface area contributed by atoms with E-state index in [0.717, 1.165) is 31.3 Å². The minimum Gasteiger partial charge on any atom is -0.494 e. The molecule has 33 heavy (non-hydrogen) atoms. The molecule has 3 aromatic rings. The van der Waals surface area contributed by atoms with Gasteiger partial charge < -0.3 is 29.8 Å². The highest BCUT2D eigenvalue weighted by Gasteiger charge is 2.22. The van der Waals surface area contributed by atoms with Crippen LogP contribution in [0.2, 0.25) is 0 Å². The zero-order valence-corrected chi connectivity index (χ0v) is 18.5. The van der Waals surface area contributed by atoms with E-state index in [2.05, 4.69) is 15.3 Å². The van der Waals surface area contributed by atoms with Gasteiger partial charge in [0.05, 0.1) is 32.4 Å². The first-order chi connectivity index (χ1) is 16.1. The number of nitrogens with zero attached hydrogens (tertiary/aromatic N) is 3. The largest absolute Gasteiger partial charge is 0.494 e. The smallest absolute Gasteiger partial charge is 0.175 e. The lowest BCUT2D eigenvalue weighted by Crippen LogP contribution is -2.19. The van der Waals surface area contributed by atoms with Gasteiger partial charge in [-0.2, -0.15) is 0 Å². The molecule has 3 heterocycles. The molecule has 1 aromatic carbocycles. The molecule has 174 valence electrons. The van der Waals surface area contributed by atoms with Crippen LogP contribution < -0.4 is 14.8 Å². The summed E-state index contributed by atoms with van der Waals surface area (Å²) >= 11 is 0. The third kappa shape index (κ3) is 4.37. The molecule has 2 aliphatic rings. The van der Waals surface area contributed by atoms with E-state index in [4.69, 9.17) is 19.5 Å². The molecule has 0 amide bonds. The molecule has 9 heteroatoms. The molecular weight excluding hydrogens is 430 g/mol. The number of hydrogen-bond donors (Lipinski definition) is 1. The van der Waals surface area contributed by atoms with Gasteiger partial charge in [-0.15, -0.1) is 0 Å². The topological polar surface area (TPSA) is 79.6 Å². The maximum Gasteiger partial charge on any atom is 0.175 e. The number of benzene rings is 1. The minimum atomic E-state index is -0.844. The van der Waals surface area contributed by atoms with Crippen LogP contribution in [0.25, 0.3) is 27.3 Å². The number of pyridine rings is 2. The van der Waals surface area contributed by atoms with Crippen LogP contribution >= 0.6 is 0 Å². The van der Waals surface area contributed by atoms with Crippen molar-refractivity contribution in [2.75, 3.05) is 39.3 Å². The average molecular weight is 455 g/mol. The molecule has 7 nitrogen and oxygen atoms in total. The average Bonchev–Trinajstić information content (AvgIpc) is 3.52. The first-order valence-electron chi connectivity index (χ1n) is 11.0. The SMILES string of the molecule is COc1cc(OC)c(F)c(-c2cc3cnc(NC4CCOC4)cc3c([N-]CC3CC3)n2)c1F. The summed E-state index contributed by atoms with van der Waals surface area (Å²) in [4.78, 5) is 9.07. The van der Waals surface area contributed by atoms with Crippen molar-refractivity contribution in [3.05, 3.63) is 41.3 Å². The summed E-state index contributed by atoms with van der Waals surface area (Å²) in [5, 5.41) is 9.53. The highest BCUT2D eigenvalue weighted by molar-refractivity contribution is 5.96. The molecule has 0 radical (unpaired) electrons. The van der Waals surface area contributed by atoms with Gasteiger partial charge in [0, 0.05) is 24.3 Å². The number of fused-ring (bicyclic) bond motifs is 1. The summed E-state index contributed by atoms with van der Waals surface area (Å²) in [6, 6.07) is 4.87. The Bertz CT molecular complexity index is 1150. The van der Waals surface area contributed by atoms with Gasteiger partial charge in [-0.25, -0.2) is 13.8 Å². The first-order valence-corrected chi connectivity index (χ1v) is 11.0. The van der Waals surface area contributed by atoms with Crippen LogP contribution in [0.1, 0.15) is 19.3 Å². The molecule has 1 N–H and O–H groups in total. The van der Waals surface area contributed by atoms with E-state index in [9.17, 15) is 0 Å². The lowest BCUT2D eigenvalue weighted by Gasteiger charge is -2.22. The summed E-state index contributed by atoms with van der Waals surface area (Å²) in [5.74, 6) is -0.285. The molecule has 1 aliphatic carbocycles. The van der Waals surface area contributed by atoms with Gasteiger partial charge in [-0.1, -0.05) is 18.7 Å². The van der Waals surface area contributed by atoms with Crippen LogP contribution in [0.4, 0.5) is 20.4 Å². The first kappa shape index (κ1) is 21.6. The normalized spacial score (nSPS) is 17.9. The van der Waals surface area contributed by atoms with Gasteiger partial charge in [0.2, 0.25) is 0 Å². The molecule has 1 aliphatic heterocycles. The summed E-state index contributed by atoms with van der Waals surface area (Å²) in [7, 11) is 2.63.